The van der Waals surface area contributed by atoms with Gasteiger partial charge in [0.2, 0.25) is 0 Å². The molecule has 1 aliphatic rings. The van der Waals surface area contributed by atoms with E-state index >= 15 is 0 Å². The number of hydrogen-bond donors (Lipinski definition) is 0. The van der Waals surface area contributed by atoms with Crippen molar-refractivity contribution in [2.45, 2.75) is 33.1 Å². The number of fused-ring (bicyclic) bond motifs is 1. The van der Waals surface area contributed by atoms with Crippen LogP contribution < -0.4 is 4.59 Å². The fourth-order valence-electron chi connectivity index (χ4n) is 3.23. The van der Waals surface area contributed by atoms with Crippen LogP contribution in [0, 0.1) is 5.92 Å². The molecule has 2 aromatic rings. The summed E-state index contributed by atoms with van der Waals surface area (Å²) < 4.78 is 5.90. The molecule has 3 rings (SSSR count). The number of benzene rings is 1. The third kappa shape index (κ3) is 3.19. The topological polar surface area (TPSA) is 39.2 Å². The van der Waals surface area contributed by atoms with Crippen molar-refractivity contribution in [3.8, 4) is 11.3 Å². The first-order chi connectivity index (χ1) is 11.1. The molecule has 3 nitrogen and oxygen atoms in total. The first-order valence-corrected chi connectivity index (χ1v) is 8.92. The molecule has 119 valence electrons. The molecule has 1 heterocycles. The van der Waals surface area contributed by atoms with Crippen LogP contribution in [0.4, 0.5) is 0 Å². The number of pyridine rings is 1. The first kappa shape index (κ1) is 16.2. The van der Waals surface area contributed by atoms with Crippen LogP contribution in [0.25, 0.3) is 11.3 Å². The third-order valence-corrected chi connectivity index (χ3v) is 4.97. The minimum absolute atomic E-state index is 0.265. The minimum atomic E-state index is -0.265. The Labute approximate surface area is 145 Å². The van der Waals surface area contributed by atoms with Crippen molar-refractivity contribution < 1.29 is 9.53 Å². The summed E-state index contributed by atoms with van der Waals surface area (Å²) >= 11 is 2.97. The van der Waals surface area contributed by atoms with Crippen molar-refractivity contribution >= 4 is 26.6 Å². The summed E-state index contributed by atoms with van der Waals surface area (Å²) in [7, 11) is 0. The summed E-state index contributed by atoms with van der Waals surface area (Å²) in [6.07, 6.45) is 2.96. The first-order valence-electron chi connectivity index (χ1n) is 8.07. The Kier molecular flexibility index (Phi) is 4.84. The molecule has 1 aromatic carbocycles. The SMILES string of the molecule is CCOC(=O)c1c([Se])nc(-c2ccccc2)c2c1CCC(C)C2. The van der Waals surface area contributed by atoms with Gasteiger partial charge in [-0.1, -0.05) is 0 Å². The predicted octanol–water partition coefficient (Wildman–Crippen LogP) is 2.84. The van der Waals surface area contributed by atoms with E-state index < -0.39 is 0 Å². The molecule has 0 amide bonds. The van der Waals surface area contributed by atoms with Gasteiger partial charge in [0.1, 0.15) is 0 Å². The fourth-order valence-corrected chi connectivity index (χ4v) is 3.86. The molecule has 0 N–H and O–H groups in total. The number of carbonyl (C=O) groups is 1. The Hall–Kier alpha value is -1.64. The third-order valence-electron chi connectivity index (χ3n) is 4.35. The number of carbonyl (C=O) groups excluding carboxylic acids is 1. The Morgan fingerprint density at radius 2 is 2.04 bits per heavy atom. The van der Waals surface area contributed by atoms with Crippen molar-refractivity contribution in [3.63, 3.8) is 0 Å². The van der Waals surface area contributed by atoms with Crippen molar-refractivity contribution in [2.75, 3.05) is 6.61 Å². The second-order valence-electron chi connectivity index (χ2n) is 6.03. The second-order valence-corrected chi connectivity index (χ2v) is 6.84. The number of rotatable bonds is 3. The number of nitrogens with zero attached hydrogens (tertiary/aromatic N) is 1. The Balaban J connectivity index is 2.20. The maximum absolute atomic E-state index is 12.4. The quantitative estimate of drug-likeness (QED) is 0.614. The molecule has 0 saturated carbocycles. The van der Waals surface area contributed by atoms with E-state index in [2.05, 4.69) is 35.1 Å². The summed E-state index contributed by atoms with van der Waals surface area (Å²) in [4.78, 5) is 17.1. The van der Waals surface area contributed by atoms with Crippen LogP contribution in [0.3, 0.4) is 0 Å². The van der Waals surface area contributed by atoms with Crippen molar-refractivity contribution in [2.24, 2.45) is 5.92 Å². The Bertz CT molecular complexity index is 728. The van der Waals surface area contributed by atoms with Gasteiger partial charge in [-0.15, -0.1) is 0 Å². The number of ether oxygens (including phenoxy) is 1. The van der Waals surface area contributed by atoms with Gasteiger partial charge in [0.25, 0.3) is 0 Å². The van der Waals surface area contributed by atoms with Crippen molar-refractivity contribution in [3.05, 3.63) is 47.0 Å². The van der Waals surface area contributed by atoms with E-state index in [9.17, 15) is 4.79 Å². The maximum atomic E-state index is 12.4. The zero-order valence-electron chi connectivity index (χ0n) is 13.5. The van der Waals surface area contributed by atoms with Gasteiger partial charge < -0.3 is 0 Å². The summed E-state index contributed by atoms with van der Waals surface area (Å²) in [5.74, 6) is 0.340. The molecular weight excluding hydrogens is 353 g/mol. The Morgan fingerprint density at radius 3 is 2.74 bits per heavy atom. The van der Waals surface area contributed by atoms with Gasteiger partial charge in [-0.25, -0.2) is 0 Å². The van der Waals surface area contributed by atoms with E-state index in [1.807, 2.05) is 25.1 Å². The molecule has 23 heavy (non-hydrogen) atoms. The summed E-state index contributed by atoms with van der Waals surface area (Å²) in [6.45, 7) is 4.47. The van der Waals surface area contributed by atoms with E-state index in [-0.39, 0.29) is 5.97 Å². The van der Waals surface area contributed by atoms with Crippen LogP contribution in [-0.2, 0) is 17.6 Å². The van der Waals surface area contributed by atoms with Crippen LogP contribution >= 0.6 is 0 Å². The molecule has 1 aliphatic carbocycles. The van der Waals surface area contributed by atoms with E-state index in [4.69, 9.17) is 9.72 Å². The molecule has 1 radical (unpaired) electrons. The molecule has 0 aliphatic heterocycles. The molecule has 1 aromatic heterocycles. The van der Waals surface area contributed by atoms with E-state index in [0.717, 1.165) is 36.1 Å². The zero-order valence-corrected chi connectivity index (χ0v) is 15.2. The number of esters is 1. The molecule has 1 atom stereocenters. The van der Waals surface area contributed by atoms with Crippen LogP contribution in [0.15, 0.2) is 30.3 Å². The Morgan fingerprint density at radius 1 is 1.30 bits per heavy atom. The second kappa shape index (κ2) is 6.86. The van der Waals surface area contributed by atoms with E-state index in [1.165, 1.54) is 5.56 Å². The molecular formula is C19H20NO2Se. The van der Waals surface area contributed by atoms with Crippen molar-refractivity contribution in [1.82, 2.24) is 4.98 Å². The summed E-state index contributed by atoms with van der Waals surface area (Å²) in [5, 5.41) is 0. The molecule has 4 heteroatoms. The summed E-state index contributed by atoms with van der Waals surface area (Å²) in [6, 6.07) is 10.2. The molecule has 0 saturated heterocycles. The fraction of sp³-hybridized carbons (Fsp3) is 0.368. The zero-order chi connectivity index (χ0) is 16.4. The van der Waals surface area contributed by atoms with Crippen molar-refractivity contribution in [1.29, 1.82) is 0 Å². The number of hydrogen-bond acceptors (Lipinski definition) is 3. The van der Waals surface area contributed by atoms with Crippen LogP contribution in [0.5, 0.6) is 0 Å². The van der Waals surface area contributed by atoms with Gasteiger partial charge in [0.15, 0.2) is 0 Å². The molecule has 0 bridgehead atoms. The average Bonchev–Trinajstić information content (AvgIpc) is 2.55. The van der Waals surface area contributed by atoms with Crippen LogP contribution in [0.2, 0.25) is 0 Å². The van der Waals surface area contributed by atoms with E-state index in [0.29, 0.717) is 22.7 Å². The van der Waals surface area contributed by atoms with Gasteiger partial charge in [-0.2, -0.15) is 0 Å². The van der Waals surface area contributed by atoms with Gasteiger partial charge in [0.05, 0.1) is 0 Å². The standard InChI is InChI=1S/C19H20NO2Se/c1-3-22-19(21)16-14-10-9-12(2)11-15(14)17(20-18(16)23)13-7-5-4-6-8-13/h4-8,12H,3,9-11H2,1-2H3. The summed E-state index contributed by atoms with van der Waals surface area (Å²) in [5.41, 5.74) is 5.05. The van der Waals surface area contributed by atoms with Gasteiger partial charge in [0, 0.05) is 0 Å². The predicted molar refractivity (Wildman–Crippen MR) is 92.2 cm³/mol. The number of aromatic nitrogens is 1. The monoisotopic (exact) mass is 374 g/mol. The van der Waals surface area contributed by atoms with Crippen LogP contribution in [-0.4, -0.2) is 33.6 Å². The van der Waals surface area contributed by atoms with Gasteiger partial charge in [-0.05, 0) is 0 Å². The molecule has 1 unspecified atom stereocenters. The normalized spacial score (nSPS) is 16.7. The van der Waals surface area contributed by atoms with Gasteiger partial charge >= 0.3 is 145 Å². The van der Waals surface area contributed by atoms with E-state index in [1.54, 1.807) is 0 Å². The van der Waals surface area contributed by atoms with Gasteiger partial charge in [-0.3, -0.25) is 0 Å². The average molecular weight is 373 g/mol. The van der Waals surface area contributed by atoms with Crippen LogP contribution in [0.1, 0.15) is 41.8 Å². The molecule has 0 fully saturated rings. The molecule has 0 spiro atoms.